The van der Waals surface area contributed by atoms with Gasteiger partial charge in [-0.2, -0.15) is 4.98 Å². The third-order valence-corrected chi connectivity index (χ3v) is 5.11. The van der Waals surface area contributed by atoms with E-state index in [-0.39, 0.29) is 5.79 Å². The zero-order chi connectivity index (χ0) is 18.0. The fourth-order valence-corrected chi connectivity index (χ4v) is 3.50. The van der Waals surface area contributed by atoms with E-state index in [4.69, 9.17) is 9.47 Å². The molecule has 0 aliphatic carbocycles. The molecule has 26 heavy (non-hydrogen) atoms. The second kappa shape index (κ2) is 7.21. The molecule has 1 aromatic carbocycles. The Bertz CT molecular complexity index is 732. The Kier molecular flexibility index (Phi) is 4.78. The fourth-order valence-electron chi connectivity index (χ4n) is 3.50. The van der Waals surface area contributed by atoms with E-state index >= 15 is 0 Å². The minimum absolute atomic E-state index is 0.371. The van der Waals surface area contributed by atoms with Gasteiger partial charge in [0.25, 0.3) is 0 Å². The van der Waals surface area contributed by atoms with Gasteiger partial charge in [-0.3, -0.25) is 0 Å². The normalized spacial score (nSPS) is 19.3. The van der Waals surface area contributed by atoms with Crippen molar-refractivity contribution in [2.24, 2.45) is 0 Å². The zero-order valence-electron chi connectivity index (χ0n) is 15.4. The number of rotatable bonds is 4. The first kappa shape index (κ1) is 17.2. The number of anilines is 3. The van der Waals surface area contributed by atoms with Gasteiger partial charge in [0, 0.05) is 37.8 Å². The molecule has 1 N–H and O–H groups in total. The molecule has 0 atom stereocenters. The molecular formula is C20H26N4O2. The first-order valence-electron chi connectivity index (χ1n) is 9.36. The van der Waals surface area contributed by atoms with Crippen LogP contribution in [0.4, 0.5) is 17.5 Å². The number of nitrogens with one attached hydrogen (secondary N) is 1. The van der Waals surface area contributed by atoms with E-state index in [1.54, 1.807) is 6.20 Å². The van der Waals surface area contributed by atoms with Gasteiger partial charge < -0.3 is 19.7 Å². The molecule has 138 valence electrons. The molecule has 0 radical (unpaired) electrons. The van der Waals surface area contributed by atoms with Crippen LogP contribution in [0.2, 0.25) is 0 Å². The Morgan fingerprint density at radius 1 is 1.04 bits per heavy atom. The third-order valence-electron chi connectivity index (χ3n) is 5.11. The summed E-state index contributed by atoms with van der Waals surface area (Å²) in [4.78, 5) is 11.3. The highest BCUT2D eigenvalue weighted by Gasteiger charge is 2.40. The van der Waals surface area contributed by atoms with Crippen LogP contribution in [-0.2, 0) is 9.47 Å². The number of benzene rings is 1. The lowest BCUT2D eigenvalue weighted by Gasteiger charge is -2.37. The van der Waals surface area contributed by atoms with Gasteiger partial charge in [-0.05, 0) is 29.7 Å². The largest absolute Gasteiger partial charge is 0.347 e. The molecule has 0 unspecified atom stereocenters. The van der Waals surface area contributed by atoms with Crippen molar-refractivity contribution in [3.05, 3.63) is 42.1 Å². The van der Waals surface area contributed by atoms with E-state index in [0.717, 1.165) is 43.4 Å². The van der Waals surface area contributed by atoms with Crippen molar-refractivity contribution in [3.63, 3.8) is 0 Å². The molecule has 0 amide bonds. The summed E-state index contributed by atoms with van der Waals surface area (Å²) in [7, 11) is 0. The quantitative estimate of drug-likeness (QED) is 0.904. The minimum atomic E-state index is -0.371. The smallest absolute Gasteiger partial charge is 0.227 e. The maximum absolute atomic E-state index is 5.79. The zero-order valence-corrected chi connectivity index (χ0v) is 15.4. The maximum atomic E-state index is 5.79. The second-order valence-electron chi connectivity index (χ2n) is 7.24. The topological polar surface area (TPSA) is 59.5 Å². The van der Waals surface area contributed by atoms with Crippen LogP contribution in [0.3, 0.4) is 0 Å². The van der Waals surface area contributed by atoms with Gasteiger partial charge >= 0.3 is 0 Å². The van der Waals surface area contributed by atoms with Crippen molar-refractivity contribution in [2.75, 3.05) is 36.5 Å². The molecule has 2 aliphatic rings. The minimum Gasteiger partial charge on any atom is -0.347 e. The Balaban J connectivity index is 1.42. The van der Waals surface area contributed by atoms with Gasteiger partial charge in [-0.1, -0.05) is 26.0 Å². The molecule has 2 aliphatic heterocycles. The summed E-state index contributed by atoms with van der Waals surface area (Å²) in [5.41, 5.74) is 2.36. The molecule has 1 spiro atoms. The van der Waals surface area contributed by atoms with Crippen molar-refractivity contribution < 1.29 is 9.47 Å². The molecular weight excluding hydrogens is 328 g/mol. The van der Waals surface area contributed by atoms with E-state index in [1.165, 1.54) is 5.56 Å². The summed E-state index contributed by atoms with van der Waals surface area (Å²) in [5.74, 6) is 1.72. The van der Waals surface area contributed by atoms with Crippen LogP contribution in [0.25, 0.3) is 0 Å². The molecule has 2 saturated heterocycles. The van der Waals surface area contributed by atoms with Gasteiger partial charge in [0.2, 0.25) is 5.95 Å². The van der Waals surface area contributed by atoms with Crippen molar-refractivity contribution in [1.29, 1.82) is 0 Å². The predicted molar refractivity (Wildman–Crippen MR) is 102 cm³/mol. The van der Waals surface area contributed by atoms with Crippen molar-refractivity contribution >= 4 is 17.5 Å². The molecule has 2 fully saturated rings. The fraction of sp³-hybridized carbons (Fsp3) is 0.500. The van der Waals surface area contributed by atoms with Gasteiger partial charge in [0.1, 0.15) is 5.82 Å². The Morgan fingerprint density at radius 2 is 1.73 bits per heavy atom. The maximum Gasteiger partial charge on any atom is 0.227 e. The van der Waals surface area contributed by atoms with Crippen LogP contribution >= 0.6 is 0 Å². The van der Waals surface area contributed by atoms with Gasteiger partial charge in [-0.15, -0.1) is 0 Å². The van der Waals surface area contributed by atoms with E-state index < -0.39 is 0 Å². The number of aromatic nitrogens is 2. The monoisotopic (exact) mass is 354 g/mol. The van der Waals surface area contributed by atoms with E-state index in [2.05, 4.69) is 58.3 Å². The Labute approximate surface area is 154 Å². The Morgan fingerprint density at radius 3 is 2.38 bits per heavy atom. The molecule has 0 bridgehead atoms. The highest BCUT2D eigenvalue weighted by atomic mass is 16.7. The average Bonchev–Trinajstić information content (AvgIpc) is 3.11. The summed E-state index contributed by atoms with van der Waals surface area (Å²) in [6.07, 6.45) is 3.51. The molecule has 6 nitrogen and oxygen atoms in total. The lowest BCUT2D eigenvalue weighted by atomic mass is 10.0. The van der Waals surface area contributed by atoms with Crippen LogP contribution in [0, 0.1) is 0 Å². The summed E-state index contributed by atoms with van der Waals surface area (Å²) in [5, 5.41) is 3.37. The first-order valence-corrected chi connectivity index (χ1v) is 9.36. The molecule has 3 heterocycles. The van der Waals surface area contributed by atoms with Crippen molar-refractivity contribution in [3.8, 4) is 0 Å². The predicted octanol–water partition coefficient (Wildman–Crippen LogP) is 3.69. The number of piperidine rings is 1. The average molecular weight is 354 g/mol. The van der Waals surface area contributed by atoms with E-state index in [1.807, 2.05) is 6.07 Å². The highest BCUT2D eigenvalue weighted by molar-refractivity contribution is 5.57. The van der Waals surface area contributed by atoms with Crippen molar-refractivity contribution in [1.82, 2.24) is 9.97 Å². The summed E-state index contributed by atoms with van der Waals surface area (Å²) in [6.45, 7) is 7.48. The van der Waals surface area contributed by atoms with Crippen LogP contribution in [0.5, 0.6) is 0 Å². The molecule has 6 heteroatoms. The lowest BCUT2D eigenvalue weighted by Crippen LogP contribution is -2.45. The van der Waals surface area contributed by atoms with Gasteiger partial charge in [0.15, 0.2) is 5.79 Å². The molecule has 4 rings (SSSR count). The molecule has 1 aromatic heterocycles. The van der Waals surface area contributed by atoms with Crippen LogP contribution in [-0.4, -0.2) is 42.1 Å². The van der Waals surface area contributed by atoms with Crippen LogP contribution in [0.1, 0.15) is 38.2 Å². The molecule has 0 saturated carbocycles. The number of ether oxygens (including phenoxy) is 2. The molecule has 2 aromatic rings. The first-order chi connectivity index (χ1) is 12.6. The number of hydrogen-bond acceptors (Lipinski definition) is 6. The summed E-state index contributed by atoms with van der Waals surface area (Å²) in [6, 6.07) is 10.4. The number of nitrogens with zero attached hydrogens (tertiary/aromatic N) is 3. The van der Waals surface area contributed by atoms with E-state index in [0.29, 0.717) is 19.1 Å². The van der Waals surface area contributed by atoms with Crippen LogP contribution in [0.15, 0.2) is 36.5 Å². The Hall–Kier alpha value is -2.18. The van der Waals surface area contributed by atoms with Gasteiger partial charge in [-0.25, -0.2) is 4.98 Å². The summed E-state index contributed by atoms with van der Waals surface area (Å²) >= 11 is 0. The highest BCUT2D eigenvalue weighted by Crippen LogP contribution is 2.32. The van der Waals surface area contributed by atoms with Gasteiger partial charge in [0.05, 0.1) is 13.2 Å². The standard InChI is InChI=1S/C20H26N4O2/c1-15(2)16-3-5-17(6-4-16)22-18-7-10-21-19(23-18)24-11-8-20(9-12-24)25-13-14-26-20/h3-7,10,15H,8-9,11-14H2,1-2H3,(H,21,22,23). The van der Waals surface area contributed by atoms with Crippen LogP contribution < -0.4 is 10.2 Å². The van der Waals surface area contributed by atoms with E-state index in [9.17, 15) is 0 Å². The van der Waals surface area contributed by atoms with Crippen molar-refractivity contribution in [2.45, 2.75) is 38.4 Å². The third kappa shape index (κ3) is 3.66. The number of hydrogen-bond donors (Lipinski definition) is 1. The second-order valence-corrected chi connectivity index (χ2v) is 7.24. The lowest BCUT2D eigenvalue weighted by molar-refractivity contribution is -0.169. The SMILES string of the molecule is CC(C)c1ccc(Nc2ccnc(N3CCC4(CC3)OCCO4)n2)cc1. The summed E-state index contributed by atoms with van der Waals surface area (Å²) < 4.78 is 11.6.